The van der Waals surface area contributed by atoms with Crippen molar-refractivity contribution in [2.24, 2.45) is 7.05 Å². The molecule has 0 saturated heterocycles. The molecule has 2 aromatic heterocycles. The molecule has 1 unspecified atom stereocenters. The number of anilines is 1. The van der Waals surface area contributed by atoms with Crippen LogP contribution >= 0.6 is 0 Å². The van der Waals surface area contributed by atoms with Gasteiger partial charge < -0.3 is 10.5 Å². The van der Waals surface area contributed by atoms with E-state index in [1.807, 2.05) is 31.3 Å². The van der Waals surface area contributed by atoms with Crippen LogP contribution in [-0.2, 0) is 13.5 Å². The molecule has 0 amide bonds. The maximum atomic E-state index is 12.7. The minimum atomic E-state index is 0.0415. The smallest absolute Gasteiger partial charge is 0.167 e. The van der Waals surface area contributed by atoms with Gasteiger partial charge in [-0.1, -0.05) is 12.1 Å². The van der Waals surface area contributed by atoms with Crippen molar-refractivity contribution in [2.45, 2.75) is 18.8 Å². The van der Waals surface area contributed by atoms with Gasteiger partial charge in [0.2, 0.25) is 0 Å². The Kier molecular flexibility index (Phi) is 3.26. The number of ether oxygens (including phenoxy) is 1. The number of carbonyl (C=O) groups is 1. The van der Waals surface area contributed by atoms with Gasteiger partial charge in [0, 0.05) is 13.5 Å². The quantitative estimate of drug-likeness (QED) is 0.783. The molecular formula is C18H18N4O2. The second-order valence-electron chi connectivity index (χ2n) is 6.16. The number of rotatable bonds is 2. The van der Waals surface area contributed by atoms with E-state index in [-0.39, 0.29) is 11.7 Å². The number of aromatic nitrogens is 3. The van der Waals surface area contributed by atoms with E-state index in [1.54, 1.807) is 18.0 Å². The Morgan fingerprint density at radius 2 is 2.17 bits per heavy atom. The van der Waals surface area contributed by atoms with E-state index in [4.69, 9.17) is 10.5 Å². The first kappa shape index (κ1) is 14.7. The standard InChI is InChI=1S/C18H18N4O2/c1-22-18-13(9-20-22)17(19)16-14(21-18)7-11(8-15(16)23)10-4-3-5-12(6-10)24-2/h3-6,9,11H,7-8H2,1-2H3,(H2,19,21). The van der Waals surface area contributed by atoms with Crippen molar-refractivity contribution in [1.29, 1.82) is 0 Å². The fourth-order valence-corrected chi connectivity index (χ4v) is 3.45. The van der Waals surface area contributed by atoms with Gasteiger partial charge in [0.1, 0.15) is 5.75 Å². The normalized spacial score (nSPS) is 17.1. The number of aryl methyl sites for hydroxylation is 1. The molecule has 122 valence electrons. The molecule has 6 heteroatoms. The van der Waals surface area contributed by atoms with Crippen molar-refractivity contribution in [2.75, 3.05) is 12.8 Å². The predicted molar refractivity (Wildman–Crippen MR) is 91.3 cm³/mol. The highest BCUT2D eigenvalue weighted by molar-refractivity contribution is 6.08. The zero-order valence-corrected chi connectivity index (χ0v) is 13.6. The highest BCUT2D eigenvalue weighted by atomic mass is 16.5. The van der Waals surface area contributed by atoms with E-state index in [1.165, 1.54) is 0 Å². The zero-order valence-electron chi connectivity index (χ0n) is 13.6. The fraction of sp³-hybridized carbons (Fsp3) is 0.278. The van der Waals surface area contributed by atoms with Crippen LogP contribution in [0.4, 0.5) is 5.69 Å². The molecule has 1 atom stereocenters. The first-order chi connectivity index (χ1) is 11.6. The van der Waals surface area contributed by atoms with Crippen LogP contribution in [0.25, 0.3) is 11.0 Å². The molecule has 24 heavy (non-hydrogen) atoms. The number of ketones is 1. The molecule has 0 aliphatic heterocycles. The lowest BCUT2D eigenvalue weighted by molar-refractivity contribution is 0.0964. The summed E-state index contributed by atoms with van der Waals surface area (Å²) in [5.74, 6) is 0.915. The highest BCUT2D eigenvalue weighted by Gasteiger charge is 2.31. The number of pyridine rings is 1. The SMILES string of the molecule is COc1cccc(C2CC(=O)c3c(nc4c(cnn4C)c3N)C2)c1. The molecule has 2 heterocycles. The lowest BCUT2D eigenvalue weighted by Crippen LogP contribution is -2.22. The van der Waals surface area contributed by atoms with Gasteiger partial charge in [0.15, 0.2) is 11.4 Å². The summed E-state index contributed by atoms with van der Waals surface area (Å²) in [6.07, 6.45) is 2.77. The Bertz CT molecular complexity index is 961. The van der Waals surface area contributed by atoms with Crippen LogP contribution in [0.15, 0.2) is 30.5 Å². The van der Waals surface area contributed by atoms with E-state index >= 15 is 0 Å². The number of benzene rings is 1. The van der Waals surface area contributed by atoms with Gasteiger partial charge in [-0.15, -0.1) is 0 Å². The number of nitrogen functional groups attached to an aromatic ring is 1. The van der Waals surface area contributed by atoms with Crippen molar-refractivity contribution in [3.63, 3.8) is 0 Å². The van der Waals surface area contributed by atoms with E-state index in [2.05, 4.69) is 10.1 Å². The largest absolute Gasteiger partial charge is 0.497 e. The molecule has 2 N–H and O–H groups in total. The number of nitrogens with two attached hydrogens (primary N) is 1. The van der Waals surface area contributed by atoms with Crippen molar-refractivity contribution in [3.05, 3.63) is 47.3 Å². The molecule has 6 nitrogen and oxygen atoms in total. The van der Waals surface area contributed by atoms with Gasteiger partial charge in [-0.25, -0.2) is 4.98 Å². The molecule has 3 aromatic rings. The number of fused-ring (bicyclic) bond motifs is 2. The third kappa shape index (κ3) is 2.14. The summed E-state index contributed by atoms with van der Waals surface area (Å²) in [7, 11) is 3.47. The molecule has 0 fully saturated rings. The monoisotopic (exact) mass is 322 g/mol. The third-order valence-electron chi connectivity index (χ3n) is 4.71. The molecule has 4 rings (SSSR count). The van der Waals surface area contributed by atoms with Crippen LogP contribution in [0, 0.1) is 0 Å². The lowest BCUT2D eigenvalue weighted by atomic mass is 9.81. The summed E-state index contributed by atoms with van der Waals surface area (Å²) < 4.78 is 6.98. The van der Waals surface area contributed by atoms with Gasteiger partial charge >= 0.3 is 0 Å². The molecule has 0 bridgehead atoms. The number of Topliss-reactive ketones (excluding diaryl/α,β-unsaturated/α-hetero) is 1. The zero-order chi connectivity index (χ0) is 16.8. The summed E-state index contributed by atoms with van der Waals surface area (Å²) in [6.45, 7) is 0. The molecule has 0 radical (unpaired) electrons. The summed E-state index contributed by atoms with van der Waals surface area (Å²) >= 11 is 0. The van der Waals surface area contributed by atoms with Crippen LogP contribution in [0.2, 0.25) is 0 Å². The predicted octanol–water partition coefficient (Wildman–Crippen LogP) is 2.47. The first-order valence-corrected chi connectivity index (χ1v) is 7.85. The van der Waals surface area contributed by atoms with E-state index in [9.17, 15) is 4.79 Å². The molecule has 1 aromatic carbocycles. The highest BCUT2D eigenvalue weighted by Crippen LogP contribution is 2.37. The Hall–Kier alpha value is -2.89. The number of hydrogen-bond acceptors (Lipinski definition) is 5. The molecular weight excluding hydrogens is 304 g/mol. The number of carbonyl (C=O) groups excluding carboxylic acids is 1. The second-order valence-corrected chi connectivity index (χ2v) is 6.16. The summed E-state index contributed by atoms with van der Waals surface area (Å²) in [4.78, 5) is 17.4. The summed E-state index contributed by atoms with van der Waals surface area (Å²) in [5, 5.41) is 4.94. The van der Waals surface area contributed by atoms with Gasteiger partial charge in [-0.3, -0.25) is 9.48 Å². The van der Waals surface area contributed by atoms with Gasteiger partial charge in [0.05, 0.1) is 35.6 Å². The van der Waals surface area contributed by atoms with Crippen LogP contribution in [0.1, 0.15) is 34.0 Å². The van der Waals surface area contributed by atoms with Crippen LogP contribution < -0.4 is 10.5 Å². The van der Waals surface area contributed by atoms with Crippen LogP contribution in [0.3, 0.4) is 0 Å². The minimum absolute atomic E-state index is 0.0415. The summed E-state index contributed by atoms with van der Waals surface area (Å²) in [6, 6.07) is 7.85. The minimum Gasteiger partial charge on any atom is -0.497 e. The summed E-state index contributed by atoms with van der Waals surface area (Å²) in [5.41, 5.74) is 9.85. The van der Waals surface area contributed by atoms with Gasteiger partial charge in [-0.05, 0) is 30.0 Å². The number of hydrogen-bond donors (Lipinski definition) is 1. The van der Waals surface area contributed by atoms with Crippen molar-refractivity contribution in [1.82, 2.24) is 14.8 Å². The average molecular weight is 322 g/mol. The fourth-order valence-electron chi connectivity index (χ4n) is 3.45. The van der Waals surface area contributed by atoms with Gasteiger partial charge in [0.25, 0.3) is 0 Å². The van der Waals surface area contributed by atoms with Crippen LogP contribution in [0.5, 0.6) is 5.75 Å². The number of nitrogens with zero attached hydrogens (tertiary/aromatic N) is 3. The maximum absolute atomic E-state index is 12.7. The number of methoxy groups -OCH3 is 1. The Morgan fingerprint density at radius 3 is 2.96 bits per heavy atom. The lowest BCUT2D eigenvalue weighted by Gasteiger charge is -2.24. The second kappa shape index (κ2) is 5.33. The molecule has 0 spiro atoms. The van der Waals surface area contributed by atoms with Crippen molar-refractivity contribution >= 4 is 22.5 Å². The first-order valence-electron chi connectivity index (χ1n) is 7.85. The van der Waals surface area contributed by atoms with E-state index in [0.29, 0.717) is 29.7 Å². The Balaban J connectivity index is 1.81. The Labute approximate surface area is 139 Å². The topological polar surface area (TPSA) is 83.0 Å². The third-order valence-corrected chi connectivity index (χ3v) is 4.71. The van der Waals surface area contributed by atoms with Crippen molar-refractivity contribution in [3.8, 4) is 5.75 Å². The molecule has 1 aliphatic carbocycles. The van der Waals surface area contributed by atoms with E-state index in [0.717, 1.165) is 22.4 Å². The maximum Gasteiger partial charge on any atom is 0.167 e. The van der Waals surface area contributed by atoms with Crippen LogP contribution in [-0.4, -0.2) is 27.7 Å². The average Bonchev–Trinajstić information content (AvgIpc) is 2.96. The molecule has 0 saturated carbocycles. The van der Waals surface area contributed by atoms with Gasteiger partial charge in [-0.2, -0.15) is 5.10 Å². The van der Waals surface area contributed by atoms with Crippen molar-refractivity contribution < 1.29 is 9.53 Å². The Morgan fingerprint density at radius 1 is 1.33 bits per heavy atom. The molecule has 1 aliphatic rings. The van der Waals surface area contributed by atoms with E-state index < -0.39 is 0 Å².